The molecule has 1 saturated heterocycles. The van der Waals surface area contributed by atoms with Crippen LogP contribution in [0.25, 0.3) is 0 Å². The normalized spacial score (nSPS) is 18.6. The zero-order chi connectivity index (χ0) is 17.2. The summed E-state index contributed by atoms with van der Waals surface area (Å²) in [6.45, 7) is 0.677. The molecule has 1 atom stereocenters. The van der Waals surface area contributed by atoms with E-state index in [0.29, 0.717) is 6.54 Å². The molecule has 2 aromatic rings. The molecule has 1 aliphatic rings. The summed E-state index contributed by atoms with van der Waals surface area (Å²) in [6.07, 6.45) is 1.05. The first-order valence-electron chi connectivity index (χ1n) is 7.74. The number of likely N-dealkylation sites (tertiary alicyclic amines) is 1. The van der Waals surface area contributed by atoms with Gasteiger partial charge in [-0.2, -0.15) is 18.3 Å². The lowest BCUT2D eigenvalue weighted by molar-refractivity contribution is -0.138. The summed E-state index contributed by atoms with van der Waals surface area (Å²) >= 11 is 0. The predicted molar refractivity (Wildman–Crippen MR) is 79.8 cm³/mol. The number of piperidine rings is 1. The zero-order valence-electron chi connectivity index (χ0n) is 12.9. The fraction of sp³-hybridized carbons (Fsp3) is 0.438. The molecule has 1 fully saturated rings. The Bertz CT molecular complexity index is 682. The Balaban J connectivity index is 1.78. The summed E-state index contributed by atoms with van der Waals surface area (Å²) in [7, 11) is 0. The number of alkyl halides is 3. The van der Waals surface area contributed by atoms with E-state index >= 15 is 0 Å². The third kappa shape index (κ3) is 3.58. The van der Waals surface area contributed by atoms with Gasteiger partial charge in [-0.05, 0) is 37.0 Å². The lowest BCUT2D eigenvalue weighted by Gasteiger charge is -2.36. The second-order valence-electron chi connectivity index (χ2n) is 5.81. The van der Waals surface area contributed by atoms with Crippen LogP contribution in [0.2, 0.25) is 0 Å². The number of aromatic nitrogens is 3. The first-order valence-corrected chi connectivity index (χ1v) is 7.74. The van der Waals surface area contributed by atoms with E-state index in [1.54, 1.807) is 4.90 Å². The van der Waals surface area contributed by atoms with Crippen molar-refractivity contribution in [2.24, 2.45) is 0 Å². The minimum atomic E-state index is -4.35. The summed E-state index contributed by atoms with van der Waals surface area (Å²) in [5, 5.41) is 3.92. The molecule has 2 heterocycles. The van der Waals surface area contributed by atoms with Gasteiger partial charge < -0.3 is 4.90 Å². The summed E-state index contributed by atoms with van der Waals surface area (Å²) in [5.74, 6) is -0.106. The smallest absolute Gasteiger partial charge is 0.334 e. The molecule has 1 amide bonds. The van der Waals surface area contributed by atoms with Gasteiger partial charge in [0.05, 0.1) is 11.6 Å². The molecule has 3 rings (SSSR count). The summed E-state index contributed by atoms with van der Waals surface area (Å²) in [5.41, 5.74) is 0.0530. The first-order chi connectivity index (χ1) is 11.4. The number of hydrogen-bond donors (Lipinski definition) is 0. The highest BCUT2D eigenvalue weighted by Gasteiger charge is 2.32. The van der Waals surface area contributed by atoms with Crippen LogP contribution in [0.4, 0.5) is 13.2 Å². The van der Waals surface area contributed by atoms with E-state index in [1.807, 2.05) is 0 Å². The van der Waals surface area contributed by atoms with Gasteiger partial charge in [0.1, 0.15) is 19.2 Å². The van der Waals surface area contributed by atoms with E-state index in [0.717, 1.165) is 37.0 Å². The van der Waals surface area contributed by atoms with Gasteiger partial charge >= 0.3 is 6.18 Å². The van der Waals surface area contributed by atoms with Crippen molar-refractivity contribution in [1.29, 1.82) is 0 Å². The molecule has 0 saturated carbocycles. The van der Waals surface area contributed by atoms with E-state index in [4.69, 9.17) is 0 Å². The van der Waals surface area contributed by atoms with Crippen molar-refractivity contribution < 1.29 is 18.0 Å². The van der Waals surface area contributed by atoms with Crippen molar-refractivity contribution in [1.82, 2.24) is 19.7 Å². The topological polar surface area (TPSA) is 51.0 Å². The second-order valence-corrected chi connectivity index (χ2v) is 5.81. The molecule has 0 radical (unpaired) electrons. The Labute approximate surface area is 137 Å². The molecule has 8 heteroatoms. The van der Waals surface area contributed by atoms with Crippen LogP contribution in [-0.2, 0) is 17.5 Å². The van der Waals surface area contributed by atoms with Crippen LogP contribution in [0.5, 0.6) is 0 Å². The van der Waals surface area contributed by atoms with Crippen LogP contribution in [0.3, 0.4) is 0 Å². The van der Waals surface area contributed by atoms with Crippen LogP contribution >= 0.6 is 0 Å². The number of benzene rings is 1. The fourth-order valence-electron chi connectivity index (χ4n) is 3.01. The minimum Gasteiger partial charge on any atom is -0.334 e. The lowest BCUT2D eigenvalue weighted by Crippen LogP contribution is -2.40. The highest BCUT2D eigenvalue weighted by Crippen LogP contribution is 2.34. The molecule has 24 heavy (non-hydrogen) atoms. The highest BCUT2D eigenvalue weighted by molar-refractivity contribution is 5.76. The number of nitrogens with zero attached hydrogens (tertiary/aromatic N) is 4. The highest BCUT2D eigenvalue weighted by atomic mass is 19.4. The van der Waals surface area contributed by atoms with E-state index in [1.165, 1.54) is 29.5 Å². The maximum Gasteiger partial charge on any atom is 0.416 e. The summed E-state index contributed by atoms with van der Waals surface area (Å²) in [6, 6.07) is 4.88. The molecule has 0 aliphatic carbocycles. The fourth-order valence-corrected chi connectivity index (χ4v) is 3.01. The van der Waals surface area contributed by atoms with E-state index in [-0.39, 0.29) is 18.5 Å². The largest absolute Gasteiger partial charge is 0.416 e. The molecule has 0 spiro atoms. The van der Waals surface area contributed by atoms with Crippen molar-refractivity contribution >= 4 is 5.91 Å². The van der Waals surface area contributed by atoms with Crippen molar-refractivity contribution in [3.63, 3.8) is 0 Å². The molecule has 1 aromatic heterocycles. The van der Waals surface area contributed by atoms with E-state index in [9.17, 15) is 18.0 Å². The van der Waals surface area contributed by atoms with Gasteiger partial charge in [-0.3, -0.25) is 4.79 Å². The van der Waals surface area contributed by atoms with Crippen LogP contribution in [0.1, 0.15) is 36.4 Å². The number of hydrogen-bond acceptors (Lipinski definition) is 3. The van der Waals surface area contributed by atoms with Crippen LogP contribution < -0.4 is 0 Å². The number of rotatable bonds is 3. The van der Waals surface area contributed by atoms with Gasteiger partial charge in [0.2, 0.25) is 5.91 Å². The number of carbonyl (C=O) groups excluding carboxylic acids is 1. The summed E-state index contributed by atoms with van der Waals surface area (Å²) < 4.78 is 39.5. The molecular weight excluding hydrogens is 321 g/mol. The number of carbonyl (C=O) groups is 1. The van der Waals surface area contributed by atoms with Crippen LogP contribution in [0, 0.1) is 0 Å². The molecule has 1 unspecified atom stereocenters. The third-order valence-electron chi connectivity index (χ3n) is 4.21. The number of halogens is 3. The lowest BCUT2D eigenvalue weighted by atomic mass is 9.94. The van der Waals surface area contributed by atoms with E-state index < -0.39 is 11.7 Å². The average Bonchev–Trinajstić information content (AvgIpc) is 3.07. The third-order valence-corrected chi connectivity index (χ3v) is 4.21. The second kappa shape index (κ2) is 6.62. The average molecular weight is 338 g/mol. The molecular formula is C16H17F3N4O. The molecule has 128 valence electrons. The number of amides is 1. The first kappa shape index (κ1) is 16.5. The quantitative estimate of drug-likeness (QED) is 0.864. The Morgan fingerprint density at radius 3 is 2.58 bits per heavy atom. The maximum absolute atomic E-state index is 12.7. The van der Waals surface area contributed by atoms with Crippen LogP contribution in [-0.4, -0.2) is 32.1 Å². The van der Waals surface area contributed by atoms with Crippen molar-refractivity contribution in [3.8, 4) is 0 Å². The molecule has 1 aromatic carbocycles. The SMILES string of the molecule is O=C(Cn1cncn1)N1CCCCC1c1ccc(C(F)(F)F)cc1. The van der Waals surface area contributed by atoms with Gasteiger partial charge in [0.15, 0.2) is 0 Å². The van der Waals surface area contributed by atoms with Crippen molar-refractivity contribution in [2.75, 3.05) is 6.54 Å². The predicted octanol–water partition coefficient (Wildman–Crippen LogP) is 3.05. The zero-order valence-corrected chi connectivity index (χ0v) is 12.9. The van der Waals surface area contributed by atoms with Gasteiger partial charge in [-0.1, -0.05) is 12.1 Å². The molecule has 5 nitrogen and oxygen atoms in total. The Kier molecular flexibility index (Phi) is 4.55. The van der Waals surface area contributed by atoms with Crippen molar-refractivity contribution in [2.45, 2.75) is 38.0 Å². The van der Waals surface area contributed by atoms with E-state index in [2.05, 4.69) is 10.1 Å². The minimum absolute atomic E-state index is 0.0805. The standard InChI is InChI=1S/C16H17F3N4O/c17-16(18,19)13-6-4-12(5-7-13)14-3-1-2-8-23(14)15(24)9-22-11-20-10-21-22/h4-7,10-11,14H,1-3,8-9H2. The summed E-state index contributed by atoms with van der Waals surface area (Å²) in [4.78, 5) is 18.1. The van der Waals surface area contributed by atoms with Gasteiger partial charge in [0.25, 0.3) is 0 Å². The van der Waals surface area contributed by atoms with Crippen molar-refractivity contribution in [3.05, 3.63) is 48.0 Å². The monoisotopic (exact) mass is 338 g/mol. The van der Waals surface area contributed by atoms with Gasteiger partial charge in [0, 0.05) is 6.54 Å². The Morgan fingerprint density at radius 2 is 1.96 bits per heavy atom. The van der Waals surface area contributed by atoms with Gasteiger partial charge in [-0.15, -0.1) is 0 Å². The molecule has 1 aliphatic heterocycles. The Morgan fingerprint density at radius 1 is 1.21 bits per heavy atom. The van der Waals surface area contributed by atoms with Gasteiger partial charge in [-0.25, -0.2) is 9.67 Å². The van der Waals surface area contributed by atoms with Crippen LogP contribution in [0.15, 0.2) is 36.9 Å². The molecule has 0 bridgehead atoms. The maximum atomic E-state index is 12.7. The Hall–Kier alpha value is -2.38. The molecule has 0 N–H and O–H groups in total.